The fourth-order valence-corrected chi connectivity index (χ4v) is 5.28. The third-order valence-electron chi connectivity index (χ3n) is 5.19. The van der Waals surface area contributed by atoms with E-state index in [0.29, 0.717) is 28.6 Å². The van der Waals surface area contributed by atoms with E-state index in [1.54, 1.807) is 38.5 Å². The van der Waals surface area contributed by atoms with Crippen molar-refractivity contribution in [3.8, 4) is 11.5 Å². The summed E-state index contributed by atoms with van der Waals surface area (Å²) in [6, 6.07) is 20.1. The zero-order chi connectivity index (χ0) is 24.8. The lowest BCUT2D eigenvalue weighted by atomic mass is 10.2. The molecule has 1 unspecified atom stereocenters. The fraction of sp³-hybridized carbons (Fsp3) is 0.192. The Bertz CT molecular complexity index is 1360. The van der Waals surface area contributed by atoms with Crippen molar-refractivity contribution in [3.05, 3.63) is 72.3 Å². The second kappa shape index (κ2) is 11.2. The zero-order valence-electron chi connectivity index (χ0n) is 19.5. The summed E-state index contributed by atoms with van der Waals surface area (Å²) in [6.07, 6.45) is 0.635. The number of anilines is 2. The first-order valence-corrected chi connectivity index (χ1v) is 12.7. The molecule has 0 radical (unpaired) electrons. The quantitative estimate of drug-likeness (QED) is 0.267. The van der Waals surface area contributed by atoms with Gasteiger partial charge in [0.25, 0.3) is 5.91 Å². The molecule has 7 nitrogen and oxygen atoms in total. The summed E-state index contributed by atoms with van der Waals surface area (Å²) in [6.45, 7) is 1.97. The van der Waals surface area contributed by atoms with Crippen LogP contribution in [0.1, 0.15) is 23.7 Å². The van der Waals surface area contributed by atoms with Crippen LogP contribution in [0.3, 0.4) is 0 Å². The number of thiazole rings is 1. The molecular weight excluding hydrogens is 482 g/mol. The summed E-state index contributed by atoms with van der Waals surface area (Å²) in [5, 5.41) is 6.09. The average Bonchev–Trinajstić information content (AvgIpc) is 3.28. The van der Waals surface area contributed by atoms with Gasteiger partial charge in [0.15, 0.2) is 5.13 Å². The molecule has 3 aromatic carbocycles. The molecule has 4 aromatic rings. The van der Waals surface area contributed by atoms with Crippen molar-refractivity contribution >= 4 is 55.9 Å². The van der Waals surface area contributed by atoms with Gasteiger partial charge < -0.3 is 20.1 Å². The van der Waals surface area contributed by atoms with Crippen molar-refractivity contribution in [2.75, 3.05) is 24.9 Å². The highest BCUT2D eigenvalue weighted by Gasteiger charge is 2.20. The molecule has 2 N–H and O–H groups in total. The Balaban J connectivity index is 1.42. The van der Waals surface area contributed by atoms with Crippen LogP contribution in [0.4, 0.5) is 10.8 Å². The summed E-state index contributed by atoms with van der Waals surface area (Å²) < 4.78 is 11.4. The average molecular weight is 508 g/mol. The Labute approximate surface area is 211 Å². The van der Waals surface area contributed by atoms with E-state index in [4.69, 9.17) is 9.47 Å². The highest BCUT2D eigenvalue weighted by molar-refractivity contribution is 8.00. The van der Waals surface area contributed by atoms with Gasteiger partial charge in [0.2, 0.25) is 5.91 Å². The molecule has 1 heterocycles. The lowest BCUT2D eigenvalue weighted by Crippen LogP contribution is -2.24. The third kappa shape index (κ3) is 6.12. The number of fused-ring (bicyclic) bond motifs is 1. The Morgan fingerprint density at radius 2 is 1.74 bits per heavy atom. The topological polar surface area (TPSA) is 89.5 Å². The molecule has 1 atom stereocenters. The minimum Gasteiger partial charge on any atom is -0.497 e. The Morgan fingerprint density at radius 1 is 0.971 bits per heavy atom. The predicted octanol–water partition coefficient (Wildman–Crippen LogP) is 6.08. The molecule has 35 heavy (non-hydrogen) atoms. The summed E-state index contributed by atoms with van der Waals surface area (Å²) in [5.74, 6) is 1.02. The molecule has 4 rings (SSSR count). The van der Waals surface area contributed by atoms with Crippen LogP contribution in [0.2, 0.25) is 0 Å². The molecule has 1 aromatic heterocycles. The van der Waals surface area contributed by atoms with Crippen molar-refractivity contribution in [2.45, 2.75) is 23.5 Å². The molecule has 2 amide bonds. The molecule has 0 spiro atoms. The highest BCUT2D eigenvalue weighted by atomic mass is 32.2. The predicted molar refractivity (Wildman–Crippen MR) is 142 cm³/mol. The van der Waals surface area contributed by atoms with Crippen molar-refractivity contribution in [2.24, 2.45) is 0 Å². The number of carbonyl (C=O) groups is 2. The maximum Gasteiger partial charge on any atom is 0.255 e. The maximum absolute atomic E-state index is 13.0. The molecule has 180 valence electrons. The van der Waals surface area contributed by atoms with E-state index >= 15 is 0 Å². The number of carbonyl (C=O) groups excluding carboxylic acids is 2. The Kier molecular flexibility index (Phi) is 7.89. The fourth-order valence-electron chi connectivity index (χ4n) is 3.37. The van der Waals surface area contributed by atoms with Crippen molar-refractivity contribution < 1.29 is 19.1 Å². The number of thioether (sulfide) groups is 1. The number of benzene rings is 3. The number of rotatable bonds is 9. The van der Waals surface area contributed by atoms with E-state index in [-0.39, 0.29) is 17.1 Å². The van der Waals surface area contributed by atoms with Crippen LogP contribution in [0.5, 0.6) is 11.5 Å². The van der Waals surface area contributed by atoms with Gasteiger partial charge in [-0.1, -0.05) is 30.4 Å². The molecule has 0 saturated heterocycles. The SMILES string of the molecule is CCC(Sc1cccc(NC(=O)c2cccc(OC)c2)c1)C(=O)Nc1nc2ccc(OC)cc2s1. The van der Waals surface area contributed by atoms with Crippen LogP contribution in [0, 0.1) is 0 Å². The van der Waals surface area contributed by atoms with Crippen molar-refractivity contribution in [1.82, 2.24) is 4.98 Å². The number of aromatic nitrogens is 1. The highest BCUT2D eigenvalue weighted by Crippen LogP contribution is 2.32. The summed E-state index contributed by atoms with van der Waals surface area (Å²) in [5.41, 5.74) is 1.96. The number of methoxy groups -OCH3 is 2. The summed E-state index contributed by atoms with van der Waals surface area (Å²) in [4.78, 5) is 31.0. The second-order valence-corrected chi connectivity index (χ2v) is 9.88. The van der Waals surface area contributed by atoms with Gasteiger partial charge in [-0.05, 0) is 61.0 Å². The van der Waals surface area contributed by atoms with Crippen LogP contribution in [0.15, 0.2) is 71.6 Å². The molecule has 0 saturated carbocycles. The molecule has 0 fully saturated rings. The first-order valence-electron chi connectivity index (χ1n) is 11.0. The zero-order valence-corrected chi connectivity index (χ0v) is 21.2. The van der Waals surface area contributed by atoms with E-state index in [9.17, 15) is 9.59 Å². The molecular formula is C26H25N3O4S2. The van der Waals surface area contributed by atoms with E-state index in [0.717, 1.165) is 20.9 Å². The van der Waals surface area contributed by atoms with E-state index in [2.05, 4.69) is 15.6 Å². The Morgan fingerprint density at radius 3 is 2.51 bits per heavy atom. The van der Waals surface area contributed by atoms with Crippen LogP contribution in [0.25, 0.3) is 10.2 Å². The van der Waals surface area contributed by atoms with Gasteiger partial charge in [-0.3, -0.25) is 9.59 Å². The number of nitrogens with zero attached hydrogens (tertiary/aromatic N) is 1. The summed E-state index contributed by atoms with van der Waals surface area (Å²) in [7, 11) is 3.18. The number of hydrogen-bond acceptors (Lipinski definition) is 7. The Hall–Kier alpha value is -3.56. The summed E-state index contributed by atoms with van der Waals surface area (Å²) >= 11 is 2.86. The van der Waals surface area contributed by atoms with Crippen molar-refractivity contribution in [1.29, 1.82) is 0 Å². The molecule has 0 aliphatic carbocycles. The van der Waals surface area contributed by atoms with Gasteiger partial charge in [0.05, 0.1) is 29.7 Å². The van der Waals surface area contributed by atoms with E-state index < -0.39 is 0 Å². The van der Waals surface area contributed by atoms with Gasteiger partial charge in [-0.25, -0.2) is 4.98 Å². The number of nitrogens with one attached hydrogen (secondary N) is 2. The van der Waals surface area contributed by atoms with Gasteiger partial charge in [-0.15, -0.1) is 11.8 Å². The van der Waals surface area contributed by atoms with Gasteiger partial charge in [-0.2, -0.15) is 0 Å². The standard InChI is InChI=1S/C26H25N3O4S2/c1-4-22(25(31)29-26-28-21-12-11-19(33-3)15-23(21)35-26)34-20-10-6-8-17(14-20)27-24(30)16-7-5-9-18(13-16)32-2/h5-15,22H,4H2,1-3H3,(H,27,30)(H,28,29,31). The first kappa shape index (κ1) is 24.6. The van der Waals surface area contributed by atoms with E-state index in [1.807, 2.05) is 49.4 Å². The van der Waals surface area contributed by atoms with Crippen LogP contribution < -0.4 is 20.1 Å². The minimum atomic E-state index is -0.319. The second-order valence-electron chi connectivity index (χ2n) is 7.57. The van der Waals surface area contributed by atoms with Crippen molar-refractivity contribution in [3.63, 3.8) is 0 Å². The van der Waals surface area contributed by atoms with Crippen LogP contribution >= 0.6 is 23.1 Å². The molecule has 9 heteroatoms. The smallest absolute Gasteiger partial charge is 0.255 e. The molecule has 0 aliphatic rings. The maximum atomic E-state index is 13.0. The van der Waals surface area contributed by atoms with Gasteiger partial charge in [0, 0.05) is 16.1 Å². The number of ether oxygens (including phenoxy) is 2. The number of hydrogen-bond donors (Lipinski definition) is 2. The van der Waals surface area contributed by atoms with Crippen LogP contribution in [-0.2, 0) is 4.79 Å². The number of amides is 2. The van der Waals surface area contributed by atoms with Gasteiger partial charge in [0.1, 0.15) is 11.5 Å². The third-order valence-corrected chi connectivity index (χ3v) is 7.48. The lowest BCUT2D eigenvalue weighted by Gasteiger charge is -2.14. The van der Waals surface area contributed by atoms with Crippen LogP contribution in [-0.4, -0.2) is 36.3 Å². The lowest BCUT2D eigenvalue weighted by molar-refractivity contribution is -0.115. The largest absolute Gasteiger partial charge is 0.497 e. The van der Waals surface area contributed by atoms with E-state index in [1.165, 1.54) is 23.1 Å². The first-order chi connectivity index (χ1) is 17.0. The molecule has 0 aliphatic heterocycles. The van der Waals surface area contributed by atoms with Gasteiger partial charge >= 0.3 is 0 Å². The normalized spacial score (nSPS) is 11.6. The molecule has 0 bridgehead atoms. The minimum absolute atomic E-state index is 0.116. The monoisotopic (exact) mass is 507 g/mol.